The molecular formula is C30H45N3O7S. The second-order valence-electron chi connectivity index (χ2n) is 10.4. The van der Waals surface area contributed by atoms with Crippen LogP contribution in [0.4, 0.5) is 5.13 Å². The van der Waals surface area contributed by atoms with Crippen molar-refractivity contribution >= 4 is 34.3 Å². The van der Waals surface area contributed by atoms with Crippen molar-refractivity contribution in [3.63, 3.8) is 0 Å². The molecule has 2 aromatic rings. The van der Waals surface area contributed by atoms with Crippen LogP contribution in [0, 0.1) is 27.7 Å². The summed E-state index contributed by atoms with van der Waals surface area (Å²) in [4.78, 5) is 43.2. The molecule has 1 amide bonds. The molecule has 0 spiro atoms. The number of amides is 1. The number of nitrogens with one attached hydrogen (secondary N) is 1. The molecule has 0 bridgehead atoms. The maximum atomic E-state index is 13.2. The molecule has 0 aliphatic carbocycles. The molecule has 1 aromatic carbocycles. The average molecular weight is 592 g/mol. The molecule has 0 aliphatic heterocycles. The number of aryl methyl sites for hydroxylation is 5. The van der Waals surface area contributed by atoms with Gasteiger partial charge in [0, 0.05) is 31.6 Å². The van der Waals surface area contributed by atoms with E-state index in [1.54, 1.807) is 18.4 Å². The van der Waals surface area contributed by atoms with Crippen LogP contribution in [0.25, 0.3) is 0 Å². The van der Waals surface area contributed by atoms with Gasteiger partial charge in [-0.1, -0.05) is 24.6 Å². The number of carboxylic acids is 2. The average Bonchev–Trinajstić information content (AvgIpc) is 3.24. The topological polar surface area (TPSA) is 138 Å². The fourth-order valence-corrected chi connectivity index (χ4v) is 5.08. The quantitative estimate of drug-likeness (QED) is 0.186. The van der Waals surface area contributed by atoms with Crippen LogP contribution in [0.3, 0.4) is 0 Å². The lowest BCUT2D eigenvalue weighted by molar-refractivity contribution is -0.175. The molecule has 0 aliphatic rings. The number of benzene rings is 1. The zero-order chi connectivity index (χ0) is 30.4. The Hall–Kier alpha value is -3.02. The van der Waals surface area contributed by atoms with Crippen LogP contribution in [0.1, 0.15) is 65.8 Å². The van der Waals surface area contributed by atoms with Crippen LogP contribution in [0.2, 0.25) is 0 Å². The number of anilines is 1. The van der Waals surface area contributed by atoms with Crippen LogP contribution in [-0.4, -0.2) is 83.5 Å². The van der Waals surface area contributed by atoms with E-state index in [9.17, 15) is 19.5 Å². The number of carboxylic acid groups (broad SMARTS) is 2. The van der Waals surface area contributed by atoms with Crippen molar-refractivity contribution in [2.24, 2.45) is 0 Å². The van der Waals surface area contributed by atoms with Crippen molar-refractivity contribution in [1.82, 2.24) is 9.88 Å². The normalized spacial score (nSPS) is 12.6. The SMILES string of the molecule is Cc1ccc(CCCCCOC(C(=O)N(C)CCCCCNc2nc(C)c(C)s2)C(OCC(=O)O)C(=O)O)cc1C. The maximum absolute atomic E-state index is 13.2. The standard InChI is InChI=1S/C30H45N3O7S/c1-20-13-14-24(18-21(20)2)12-8-6-11-17-39-26(27(29(37)38)40-19-25(34)35)28(36)33(5)16-10-7-9-15-31-30-32-22(3)23(4)41-30/h13-14,18,26-27H,6-12,15-17,19H2,1-5H3,(H,31,32)(H,34,35)(H,37,38). The third-order valence-electron chi connectivity index (χ3n) is 6.98. The number of carbonyl (C=O) groups excluding carboxylic acids is 1. The third kappa shape index (κ3) is 12.2. The summed E-state index contributed by atoms with van der Waals surface area (Å²) in [7, 11) is 1.59. The van der Waals surface area contributed by atoms with Gasteiger partial charge in [0.25, 0.3) is 5.91 Å². The summed E-state index contributed by atoms with van der Waals surface area (Å²) in [5.41, 5.74) is 4.81. The number of hydrogen-bond acceptors (Lipinski definition) is 8. The second-order valence-corrected chi connectivity index (χ2v) is 11.6. The molecule has 11 heteroatoms. The van der Waals surface area contributed by atoms with E-state index in [2.05, 4.69) is 42.3 Å². The van der Waals surface area contributed by atoms with Crippen LogP contribution >= 0.6 is 11.3 Å². The molecule has 0 fully saturated rings. The molecule has 2 rings (SSSR count). The Bertz CT molecular complexity index is 1120. The van der Waals surface area contributed by atoms with E-state index < -0.39 is 36.7 Å². The summed E-state index contributed by atoms with van der Waals surface area (Å²) in [6.45, 7) is 8.70. The number of aliphatic carboxylic acids is 2. The number of nitrogens with zero attached hydrogens (tertiary/aromatic N) is 2. The first-order valence-corrected chi connectivity index (χ1v) is 15.0. The van der Waals surface area contributed by atoms with Crippen LogP contribution in [-0.2, 0) is 30.3 Å². The minimum atomic E-state index is -1.72. The van der Waals surface area contributed by atoms with Gasteiger partial charge in [0.05, 0.1) is 5.69 Å². The highest BCUT2D eigenvalue weighted by Crippen LogP contribution is 2.21. The molecule has 0 saturated carbocycles. The fourth-order valence-electron chi connectivity index (χ4n) is 4.24. The molecule has 41 heavy (non-hydrogen) atoms. The summed E-state index contributed by atoms with van der Waals surface area (Å²) in [6.07, 6.45) is 2.64. The van der Waals surface area contributed by atoms with E-state index in [1.165, 1.54) is 26.5 Å². The predicted octanol–water partition coefficient (Wildman–Crippen LogP) is 4.77. The first-order valence-electron chi connectivity index (χ1n) is 14.2. The fraction of sp³-hybridized carbons (Fsp3) is 0.600. The molecule has 2 unspecified atom stereocenters. The zero-order valence-corrected chi connectivity index (χ0v) is 25.7. The van der Waals surface area contributed by atoms with E-state index in [1.807, 2.05) is 13.8 Å². The first kappa shape index (κ1) is 34.2. The Labute approximate surface area is 247 Å². The molecule has 10 nitrogen and oxygen atoms in total. The van der Waals surface area contributed by atoms with Gasteiger partial charge in [-0.25, -0.2) is 14.6 Å². The Kier molecular flexibility index (Phi) is 14.8. The Morgan fingerprint density at radius 2 is 1.68 bits per heavy atom. The van der Waals surface area contributed by atoms with Crippen molar-refractivity contribution < 1.29 is 34.1 Å². The van der Waals surface area contributed by atoms with E-state index in [4.69, 9.17) is 14.6 Å². The number of hydrogen-bond donors (Lipinski definition) is 3. The van der Waals surface area contributed by atoms with E-state index in [0.29, 0.717) is 13.0 Å². The van der Waals surface area contributed by atoms with Crippen molar-refractivity contribution in [3.8, 4) is 0 Å². The van der Waals surface area contributed by atoms with Crippen molar-refractivity contribution in [2.45, 2.75) is 84.8 Å². The van der Waals surface area contributed by atoms with Gasteiger partial charge in [0.1, 0.15) is 6.61 Å². The van der Waals surface area contributed by atoms with Gasteiger partial charge in [-0.2, -0.15) is 0 Å². The zero-order valence-electron chi connectivity index (χ0n) is 24.9. The monoisotopic (exact) mass is 591 g/mol. The highest BCUT2D eigenvalue weighted by Gasteiger charge is 2.37. The first-order chi connectivity index (χ1) is 19.5. The summed E-state index contributed by atoms with van der Waals surface area (Å²) in [6, 6.07) is 6.43. The molecule has 1 heterocycles. The van der Waals surface area contributed by atoms with Gasteiger partial charge in [-0.05, 0) is 82.9 Å². The Morgan fingerprint density at radius 1 is 0.951 bits per heavy atom. The number of ether oxygens (including phenoxy) is 2. The van der Waals surface area contributed by atoms with Gasteiger partial charge in [-0.15, -0.1) is 11.3 Å². The minimum absolute atomic E-state index is 0.165. The molecular weight excluding hydrogens is 546 g/mol. The van der Waals surface area contributed by atoms with E-state index in [0.717, 1.165) is 55.9 Å². The number of rotatable bonds is 20. The number of unbranched alkanes of at least 4 members (excludes halogenated alkanes) is 4. The lowest BCUT2D eigenvalue weighted by Gasteiger charge is -2.27. The van der Waals surface area contributed by atoms with Crippen molar-refractivity contribution in [2.75, 3.05) is 38.7 Å². The largest absolute Gasteiger partial charge is 0.480 e. The number of carbonyl (C=O) groups is 3. The van der Waals surface area contributed by atoms with Gasteiger partial charge in [0.2, 0.25) is 0 Å². The molecule has 228 valence electrons. The minimum Gasteiger partial charge on any atom is -0.480 e. The van der Waals surface area contributed by atoms with E-state index in [-0.39, 0.29) is 6.61 Å². The number of likely N-dealkylation sites (N-methyl/N-ethyl adjacent to an activating group) is 1. The lowest BCUT2D eigenvalue weighted by Crippen LogP contribution is -2.50. The molecule has 0 radical (unpaired) electrons. The lowest BCUT2D eigenvalue weighted by atomic mass is 10.0. The molecule has 3 N–H and O–H groups in total. The summed E-state index contributed by atoms with van der Waals surface area (Å²) < 4.78 is 10.8. The molecule has 2 atom stereocenters. The van der Waals surface area contributed by atoms with Gasteiger partial charge in [0.15, 0.2) is 17.3 Å². The van der Waals surface area contributed by atoms with E-state index >= 15 is 0 Å². The highest BCUT2D eigenvalue weighted by molar-refractivity contribution is 7.15. The predicted molar refractivity (Wildman–Crippen MR) is 160 cm³/mol. The van der Waals surface area contributed by atoms with Gasteiger partial charge in [-0.3, -0.25) is 4.79 Å². The second kappa shape index (κ2) is 17.7. The summed E-state index contributed by atoms with van der Waals surface area (Å²) >= 11 is 1.63. The Morgan fingerprint density at radius 3 is 2.32 bits per heavy atom. The van der Waals surface area contributed by atoms with Gasteiger partial charge < -0.3 is 29.9 Å². The third-order valence-corrected chi connectivity index (χ3v) is 8.01. The van der Waals surface area contributed by atoms with Crippen molar-refractivity contribution in [1.29, 1.82) is 0 Å². The van der Waals surface area contributed by atoms with Gasteiger partial charge >= 0.3 is 11.9 Å². The molecule has 0 saturated heterocycles. The summed E-state index contributed by atoms with van der Waals surface area (Å²) in [5.74, 6) is -3.30. The van der Waals surface area contributed by atoms with Crippen LogP contribution in [0.15, 0.2) is 18.2 Å². The molecule has 1 aromatic heterocycles. The Balaban J connectivity index is 1.83. The smallest absolute Gasteiger partial charge is 0.336 e. The van der Waals surface area contributed by atoms with Crippen molar-refractivity contribution in [3.05, 3.63) is 45.5 Å². The number of aromatic nitrogens is 1. The van der Waals surface area contributed by atoms with Crippen LogP contribution < -0.4 is 5.32 Å². The highest BCUT2D eigenvalue weighted by atomic mass is 32.1. The summed E-state index contributed by atoms with van der Waals surface area (Å²) in [5, 5.41) is 22.9. The number of thiazole rings is 1. The maximum Gasteiger partial charge on any atom is 0.336 e. The van der Waals surface area contributed by atoms with Crippen LogP contribution in [0.5, 0.6) is 0 Å².